The quantitative estimate of drug-likeness (QED) is 0.642. The molecule has 0 aliphatic rings. The van der Waals surface area contributed by atoms with Crippen molar-refractivity contribution >= 4 is 17.4 Å². The Morgan fingerprint density at radius 1 is 1.53 bits per heavy atom. The van der Waals surface area contributed by atoms with Gasteiger partial charge in [-0.3, -0.25) is 0 Å². The van der Waals surface area contributed by atoms with E-state index >= 15 is 0 Å². The van der Waals surface area contributed by atoms with E-state index in [9.17, 15) is 9.90 Å². The second kappa shape index (κ2) is 8.05. The SMILES string of the molecule is COCCNC(=O)NCC[C@H](O)c1ccsc1. The van der Waals surface area contributed by atoms with E-state index in [4.69, 9.17) is 4.74 Å². The van der Waals surface area contributed by atoms with Gasteiger partial charge in [-0.15, -0.1) is 0 Å². The molecule has 17 heavy (non-hydrogen) atoms. The fourth-order valence-corrected chi connectivity index (χ4v) is 1.99. The maximum absolute atomic E-state index is 11.2. The third-order valence-electron chi connectivity index (χ3n) is 2.22. The Kier molecular flexibility index (Phi) is 6.61. The number of carbonyl (C=O) groups is 1. The van der Waals surface area contributed by atoms with Crippen molar-refractivity contribution in [2.45, 2.75) is 12.5 Å². The first kappa shape index (κ1) is 14.0. The standard InChI is InChI=1S/C11H18N2O3S/c1-16-6-5-13-11(15)12-4-2-10(14)9-3-7-17-8-9/h3,7-8,10,14H,2,4-6H2,1H3,(H2,12,13,15)/t10-/m0/s1. The van der Waals surface area contributed by atoms with Gasteiger partial charge < -0.3 is 20.5 Å². The van der Waals surface area contributed by atoms with Gasteiger partial charge in [0, 0.05) is 20.2 Å². The smallest absolute Gasteiger partial charge is 0.314 e. The van der Waals surface area contributed by atoms with Gasteiger partial charge in [-0.1, -0.05) is 0 Å². The highest BCUT2D eigenvalue weighted by Crippen LogP contribution is 2.18. The number of ether oxygens (including phenoxy) is 1. The van der Waals surface area contributed by atoms with E-state index in [-0.39, 0.29) is 6.03 Å². The van der Waals surface area contributed by atoms with Crippen molar-refractivity contribution in [3.8, 4) is 0 Å². The number of nitrogens with one attached hydrogen (secondary N) is 2. The van der Waals surface area contributed by atoms with Crippen LogP contribution >= 0.6 is 11.3 Å². The molecular formula is C11H18N2O3S. The Morgan fingerprint density at radius 3 is 2.94 bits per heavy atom. The van der Waals surface area contributed by atoms with Gasteiger partial charge in [-0.2, -0.15) is 11.3 Å². The van der Waals surface area contributed by atoms with Gasteiger partial charge in [0.05, 0.1) is 12.7 Å². The molecule has 6 heteroatoms. The molecule has 1 aromatic rings. The number of thiophene rings is 1. The van der Waals surface area contributed by atoms with Gasteiger partial charge in [0.25, 0.3) is 0 Å². The Bertz CT molecular complexity index is 317. The molecule has 3 N–H and O–H groups in total. The van der Waals surface area contributed by atoms with Crippen LogP contribution in [-0.4, -0.2) is 37.9 Å². The number of methoxy groups -OCH3 is 1. The van der Waals surface area contributed by atoms with Crippen LogP contribution in [-0.2, 0) is 4.74 Å². The summed E-state index contributed by atoms with van der Waals surface area (Å²) in [6, 6.07) is 1.65. The molecule has 0 bridgehead atoms. The summed E-state index contributed by atoms with van der Waals surface area (Å²) < 4.78 is 4.80. The minimum Gasteiger partial charge on any atom is -0.388 e. The van der Waals surface area contributed by atoms with Gasteiger partial charge in [0.15, 0.2) is 0 Å². The summed E-state index contributed by atoms with van der Waals surface area (Å²) in [5.74, 6) is 0. The molecule has 1 heterocycles. The first-order chi connectivity index (χ1) is 8.24. The lowest BCUT2D eigenvalue weighted by Gasteiger charge is -2.10. The van der Waals surface area contributed by atoms with Crippen LogP contribution in [0.25, 0.3) is 0 Å². The third-order valence-corrected chi connectivity index (χ3v) is 2.92. The number of amides is 2. The molecule has 0 aromatic carbocycles. The van der Waals surface area contributed by atoms with Gasteiger partial charge in [-0.25, -0.2) is 4.79 Å². The van der Waals surface area contributed by atoms with Crippen molar-refractivity contribution in [1.82, 2.24) is 10.6 Å². The lowest BCUT2D eigenvalue weighted by Crippen LogP contribution is -2.38. The van der Waals surface area contributed by atoms with Gasteiger partial charge in [0.1, 0.15) is 0 Å². The second-order valence-corrected chi connectivity index (χ2v) is 4.32. The van der Waals surface area contributed by atoms with E-state index in [1.54, 1.807) is 18.4 Å². The highest BCUT2D eigenvalue weighted by molar-refractivity contribution is 7.07. The Morgan fingerprint density at radius 2 is 2.29 bits per heavy atom. The topological polar surface area (TPSA) is 70.6 Å². The Hall–Kier alpha value is -1.11. The first-order valence-electron chi connectivity index (χ1n) is 5.45. The van der Waals surface area contributed by atoms with E-state index in [0.717, 1.165) is 5.56 Å². The Balaban J connectivity index is 2.09. The zero-order valence-electron chi connectivity index (χ0n) is 9.81. The number of aliphatic hydroxyl groups is 1. The van der Waals surface area contributed by atoms with Crippen molar-refractivity contribution in [1.29, 1.82) is 0 Å². The van der Waals surface area contributed by atoms with Crippen molar-refractivity contribution in [3.63, 3.8) is 0 Å². The van der Waals surface area contributed by atoms with Gasteiger partial charge in [-0.05, 0) is 28.8 Å². The molecule has 5 nitrogen and oxygen atoms in total. The van der Waals surface area contributed by atoms with Crippen molar-refractivity contribution in [2.24, 2.45) is 0 Å². The fourth-order valence-electron chi connectivity index (χ4n) is 1.28. The molecule has 0 unspecified atom stereocenters. The average Bonchev–Trinajstić information content (AvgIpc) is 2.82. The molecule has 0 aliphatic heterocycles. The van der Waals surface area contributed by atoms with Crippen LogP contribution in [0, 0.1) is 0 Å². The van der Waals surface area contributed by atoms with Gasteiger partial charge >= 0.3 is 6.03 Å². The predicted octanol–water partition coefficient (Wildman–Crippen LogP) is 1.12. The highest BCUT2D eigenvalue weighted by Gasteiger charge is 2.08. The van der Waals surface area contributed by atoms with Crippen LogP contribution in [0.1, 0.15) is 18.1 Å². The van der Waals surface area contributed by atoms with Crippen molar-refractivity contribution in [3.05, 3.63) is 22.4 Å². The number of aliphatic hydroxyl groups excluding tert-OH is 1. The minimum absolute atomic E-state index is 0.237. The number of rotatable bonds is 7. The number of urea groups is 1. The summed E-state index contributed by atoms with van der Waals surface area (Å²) in [4.78, 5) is 11.2. The van der Waals surface area contributed by atoms with E-state index in [1.165, 1.54) is 0 Å². The normalized spacial score (nSPS) is 12.1. The molecule has 1 rings (SSSR count). The zero-order chi connectivity index (χ0) is 12.5. The summed E-state index contributed by atoms with van der Waals surface area (Å²) >= 11 is 1.55. The summed E-state index contributed by atoms with van der Waals surface area (Å²) in [6.07, 6.45) is -0.00504. The number of carbonyl (C=O) groups excluding carboxylic acids is 1. The van der Waals surface area contributed by atoms with Crippen molar-refractivity contribution in [2.75, 3.05) is 26.8 Å². The van der Waals surface area contributed by atoms with E-state index in [1.807, 2.05) is 16.8 Å². The molecule has 0 saturated heterocycles. The summed E-state index contributed by atoms with van der Waals surface area (Å²) in [6.45, 7) is 1.41. The third kappa shape index (κ3) is 5.67. The molecule has 96 valence electrons. The van der Waals surface area contributed by atoms with E-state index in [0.29, 0.717) is 26.1 Å². The summed E-state index contributed by atoms with van der Waals surface area (Å²) in [5.41, 5.74) is 0.900. The average molecular weight is 258 g/mol. The van der Waals surface area contributed by atoms with Crippen LogP contribution in [0.3, 0.4) is 0 Å². The predicted molar refractivity (Wildman–Crippen MR) is 67.2 cm³/mol. The lowest BCUT2D eigenvalue weighted by molar-refractivity contribution is 0.166. The monoisotopic (exact) mass is 258 g/mol. The largest absolute Gasteiger partial charge is 0.388 e. The summed E-state index contributed by atoms with van der Waals surface area (Å²) in [5, 5.41) is 18.9. The zero-order valence-corrected chi connectivity index (χ0v) is 10.6. The molecular weight excluding hydrogens is 240 g/mol. The Labute approximate surface area is 105 Å². The van der Waals surface area contributed by atoms with Crippen LogP contribution in [0.2, 0.25) is 0 Å². The van der Waals surface area contributed by atoms with Crippen LogP contribution in [0.5, 0.6) is 0 Å². The molecule has 1 aromatic heterocycles. The first-order valence-corrected chi connectivity index (χ1v) is 6.39. The second-order valence-electron chi connectivity index (χ2n) is 3.54. The number of hydrogen-bond acceptors (Lipinski definition) is 4. The van der Waals surface area contributed by atoms with Gasteiger partial charge in [0.2, 0.25) is 0 Å². The molecule has 1 atom stereocenters. The maximum Gasteiger partial charge on any atom is 0.314 e. The molecule has 0 fully saturated rings. The maximum atomic E-state index is 11.2. The van der Waals surface area contributed by atoms with Crippen LogP contribution < -0.4 is 10.6 Å². The lowest BCUT2D eigenvalue weighted by atomic mass is 10.1. The molecule has 0 saturated carbocycles. The van der Waals surface area contributed by atoms with E-state index < -0.39 is 6.10 Å². The number of hydrogen-bond donors (Lipinski definition) is 3. The molecule has 0 radical (unpaired) electrons. The van der Waals surface area contributed by atoms with Crippen LogP contribution in [0.4, 0.5) is 4.79 Å². The van der Waals surface area contributed by atoms with Crippen molar-refractivity contribution < 1.29 is 14.6 Å². The van der Waals surface area contributed by atoms with Crippen LogP contribution in [0.15, 0.2) is 16.8 Å². The highest BCUT2D eigenvalue weighted by atomic mass is 32.1. The summed E-state index contributed by atoms with van der Waals surface area (Å²) in [7, 11) is 1.58. The molecule has 0 aliphatic carbocycles. The van der Waals surface area contributed by atoms with E-state index in [2.05, 4.69) is 10.6 Å². The minimum atomic E-state index is -0.513. The molecule has 0 spiro atoms. The molecule has 2 amide bonds. The fraction of sp³-hybridized carbons (Fsp3) is 0.545.